The van der Waals surface area contributed by atoms with Crippen LogP contribution >= 0.6 is 0 Å². The molecule has 2 aliphatic rings. The predicted octanol–water partition coefficient (Wildman–Crippen LogP) is 3.62. The van der Waals surface area contributed by atoms with Crippen molar-refractivity contribution in [2.75, 3.05) is 57.8 Å². The predicted molar refractivity (Wildman–Crippen MR) is 141 cm³/mol. The second-order valence-electron chi connectivity index (χ2n) is 9.78. The van der Waals surface area contributed by atoms with Crippen LogP contribution in [0.5, 0.6) is 0 Å². The standard InChI is InChI=1S/C28H36N6O2/c1-3-32-17-19-34(20-18-32)28(35)23-9-11-25(12-10-23)33-15-13-24(14-16-33)31(2)21-26-29-27(30-36-26)22-7-5-4-6-8-22/h4-12,24H,3,13-21H2,1-2H3. The molecule has 3 aromatic rings. The number of carbonyl (C=O) groups is 1. The summed E-state index contributed by atoms with van der Waals surface area (Å²) in [5.41, 5.74) is 2.94. The fourth-order valence-corrected chi connectivity index (χ4v) is 5.20. The number of carbonyl (C=O) groups excluding carboxylic acids is 1. The van der Waals surface area contributed by atoms with E-state index in [4.69, 9.17) is 4.52 Å². The van der Waals surface area contributed by atoms with Gasteiger partial charge in [0.1, 0.15) is 0 Å². The molecule has 8 nitrogen and oxygen atoms in total. The van der Waals surface area contributed by atoms with Crippen molar-refractivity contribution in [3.63, 3.8) is 0 Å². The third-order valence-electron chi connectivity index (χ3n) is 7.56. The van der Waals surface area contributed by atoms with Crippen molar-refractivity contribution >= 4 is 11.6 Å². The van der Waals surface area contributed by atoms with Crippen LogP contribution in [-0.2, 0) is 6.54 Å². The van der Waals surface area contributed by atoms with E-state index in [9.17, 15) is 4.79 Å². The van der Waals surface area contributed by atoms with Crippen LogP contribution in [0.3, 0.4) is 0 Å². The van der Waals surface area contributed by atoms with Gasteiger partial charge in [-0.05, 0) is 50.7 Å². The van der Waals surface area contributed by atoms with Crippen LogP contribution in [0.1, 0.15) is 36.0 Å². The van der Waals surface area contributed by atoms with Gasteiger partial charge < -0.3 is 19.2 Å². The van der Waals surface area contributed by atoms with Crippen molar-refractivity contribution in [2.45, 2.75) is 32.4 Å². The van der Waals surface area contributed by atoms with E-state index in [1.165, 1.54) is 5.69 Å². The smallest absolute Gasteiger partial charge is 0.253 e. The lowest BCUT2D eigenvalue weighted by molar-refractivity contribution is 0.0643. The minimum atomic E-state index is 0.147. The molecule has 36 heavy (non-hydrogen) atoms. The Bertz CT molecular complexity index is 1120. The first-order valence-electron chi connectivity index (χ1n) is 13.1. The van der Waals surface area contributed by atoms with Crippen molar-refractivity contribution < 1.29 is 9.32 Å². The van der Waals surface area contributed by atoms with Gasteiger partial charge in [0.25, 0.3) is 5.91 Å². The number of anilines is 1. The Balaban J connectivity index is 1.11. The lowest BCUT2D eigenvalue weighted by atomic mass is 10.0. The molecule has 0 radical (unpaired) electrons. The minimum absolute atomic E-state index is 0.147. The maximum Gasteiger partial charge on any atom is 0.253 e. The van der Waals surface area contributed by atoms with E-state index in [0.29, 0.717) is 24.3 Å². The van der Waals surface area contributed by atoms with Crippen molar-refractivity contribution in [2.24, 2.45) is 0 Å². The molecule has 3 heterocycles. The molecule has 2 fully saturated rings. The van der Waals surface area contributed by atoms with Gasteiger partial charge in [-0.2, -0.15) is 4.98 Å². The van der Waals surface area contributed by atoms with Crippen molar-refractivity contribution in [1.29, 1.82) is 0 Å². The summed E-state index contributed by atoms with van der Waals surface area (Å²) >= 11 is 0. The topological polar surface area (TPSA) is 69.0 Å². The molecule has 5 rings (SSSR count). The maximum atomic E-state index is 12.9. The molecular weight excluding hydrogens is 452 g/mol. The van der Waals surface area contributed by atoms with E-state index < -0.39 is 0 Å². The average molecular weight is 489 g/mol. The summed E-state index contributed by atoms with van der Waals surface area (Å²) < 4.78 is 5.51. The molecule has 0 N–H and O–H groups in total. The second-order valence-corrected chi connectivity index (χ2v) is 9.78. The van der Waals surface area contributed by atoms with Gasteiger partial charge in [0.2, 0.25) is 11.7 Å². The van der Waals surface area contributed by atoms with Gasteiger partial charge in [-0.1, -0.05) is 42.4 Å². The van der Waals surface area contributed by atoms with E-state index >= 15 is 0 Å². The number of rotatable bonds is 7. The lowest BCUT2D eigenvalue weighted by Crippen LogP contribution is -2.48. The number of piperidine rings is 1. The van der Waals surface area contributed by atoms with Gasteiger partial charge in [-0.25, -0.2) is 0 Å². The Kier molecular flexibility index (Phi) is 7.63. The highest BCUT2D eigenvalue weighted by atomic mass is 16.5. The Morgan fingerprint density at radius 2 is 1.67 bits per heavy atom. The highest BCUT2D eigenvalue weighted by Crippen LogP contribution is 2.24. The molecule has 0 bridgehead atoms. The summed E-state index contributed by atoms with van der Waals surface area (Å²) in [5, 5.41) is 4.14. The summed E-state index contributed by atoms with van der Waals surface area (Å²) in [5.74, 6) is 1.43. The van der Waals surface area contributed by atoms with Gasteiger partial charge in [0.05, 0.1) is 6.54 Å². The minimum Gasteiger partial charge on any atom is -0.371 e. The first kappa shape index (κ1) is 24.5. The molecule has 190 valence electrons. The molecule has 8 heteroatoms. The number of benzene rings is 2. The zero-order chi connectivity index (χ0) is 24.9. The summed E-state index contributed by atoms with van der Waals surface area (Å²) in [6, 6.07) is 18.6. The first-order valence-corrected chi connectivity index (χ1v) is 13.1. The molecule has 0 spiro atoms. The normalized spacial score (nSPS) is 17.6. The number of nitrogens with zero attached hydrogens (tertiary/aromatic N) is 6. The summed E-state index contributed by atoms with van der Waals surface area (Å²) in [7, 11) is 2.13. The maximum absolute atomic E-state index is 12.9. The van der Waals surface area contributed by atoms with Gasteiger partial charge in [-0.3, -0.25) is 9.69 Å². The van der Waals surface area contributed by atoms with Crippen LogP contribution in [0.2, 0.25) is 0 Å². The van der Waals surface area contributed by atoms with Crippen LogP contribution in [0.25, 0.3) is 11.4 Å². The molecule has 1 amide bonds. The number of hydrogen-bond acceptors (Lipinski definition) is 7. The Labute approximate surface area is 213 Å². The number of amides is 1. The van der Waals surface area contributed by atoms with E-state index in [1.807, 2.05) is 47.4 Å². The SMILES string of the molecule is CCN1CCN(C(=O)c2ccc(N3CCC(N(C)Cc4nc(-c5ccccc5)no4)CC3)cc2)CC1. The van der Waals surface area contributed by atoms with E-state index in [2.05, 4.69) is 50.9 Å². The Morgan fingerprint density at radius 1 is 0.972 bits per heavy atom. The van der Waals surface area contributed by atoms with Crippen LogP contribution in [0.4, 0.5) is 5.69 Å². The highest BCUT2D eigenvalue weighted by Gasteiger charge is 2.25. The van der Waals surface area contributed by atoms with Crippen LogP contribution < -0.4 is 4.90 Å². The van der Waals surface area contributed by atoms with Gasteiger partial charge in [-0.15, -0.1) is 0 Å². The summed E-state index contributed by atoms with van der Waals surface area (Å²) in [6.07, 6.45) is 2.14. The largest absolute Gasteiger partial charge is 0.371 e. The number of likely N-dealkylation sites (N-methyl/N-ethyl adjacent to an activating group) is 1. The number of piperazine rings is 1. The molecule has 2 saturated heterocycles. The Hall–Kier alpha value is -3.23. The van der Waals surface area contributed by atoms with Crippen LogP contribution in [0, 0.1) is 0 Å². The van der Waals surface area contributed by atoms with Crippen LogP contribution in [-0.4, -0.2) is 89.7 Å². The summed E-state index contributed by atoms with van der Waals surface area (Å²) in [4.78, 5) is 26.6. The Morgan fingerprint density at radius 3 is 2.33 bits per heavy atom. The van der Waals surface area contributed by atoms with Gasteiger partial charge >= 0.3 is 0 Å². The van der Waals surface area contributed by atoms with Gasteiger partial charge in [0.15, 0.2) is 0 Å². The van der Waals surface area contributed by atoms with E-state index in [-0.39, 0.29) is 5.91 Å². The van der Waals surface area contributed by atoms with Crippen LogP contribution in [0.15, 0.2) is 59.1 Å². The third kappa shape index (κ3) is 5.60. The van der Waals surface area contributed by atoms with E-state index in [0.717, 1.165) is 69.8 Å². The van der Waals surface area contributed by atoms with E-state index in [1.54, 1.807) is 0 Å². The average Bonchev–Trinajstić information content (AvgIpc) is 3.42. The fraction of sp³-hybridized carbons (Fsp3) is 0.464. The number of aromatic nitrogens is 2. The molecule has 0 saturated carbocycles. The van der Waals surface area contributed by atoms with Crippen molar-refractivity contribution in [1.82, 2.24) is 24.8 Å². The molecule has 0 unspecified atom stereocenters. The zero-order valence-electron chi connectivity index (χ0n) is 21.3. The van der Waals surface area contributed by atoms with Gasteiger partial charge in [0, 0.05) is 62.1 Å². The van der Waals surface area contributed by atoms with Crippen molar-refractivity contribution in [3.05, 3.63) is 66.1 Å². The van der Waals surface area contributed by atoms with Crippen molar-refractivity contribution in [3.8, 4) is 11.4 Å². The quantitative estimate of drug-likeness (QED) is 0.503. The monoisotopic (exact) mass is 488 g/mol. The molecule has 2 aliphatic heterocycles. The summed E-state index contributed by atoms with van der Waals surface area (Å²) in [6.45, 7) is 9.39. The first-order chi connectivity index (χ1) is 17.6. The zero-order valence-corrected chi connectivity index (χ0v) is 21.3. The second kappa shape index (κ2) is 11.2. The molecule has 0 atom stereocenters. The highest BCUT2D eigenvalue weighted by molar-refractivity contribution is 5.94. The molecule has 1 aromatic heterocycles. The molecule has 0 aliphatic carbocycles. The molecule has 2 aromatic carbocycles. The number of hydrogen-bond donors (Lipinski definition) is 0. The lowest BCUT2D eigenvalue weighted by Gasteiger charge is -2.37. The molecular formula is C28H36N6O2. The third-order valence-corrected chi connectivity index (χ3v) is 7.56. The fourth-order valence-electron chi connectivity index (χ4n) is 5.20.